The highest BCUT2D eigenvalue weighted by atomic mass is 16.5. The van der Waals surface area contributed by atoms with Crippen molar-refractivity contribution in [1.82, 2.24) is 0 Å². The molecule has 1 N–H and O–H groups in total. The maximum atomic E-state index is 12.1. The van der Waals surface area contributed by atoms with Crippen LogP contribution in [0.1, 0.15) is 53.4 Å². The van der Waals surface area contributed by atoms with Crippen LogP contribution in [-0.4, -0.2) is 23.8 Å². The molecule has 0 spiro atoms. The Morgan fingerprint density at radius 3 is 2.53 bits per heavy atom. The van der Waals surface area contributed by atoms with E-state index in [-0.39, 0.29) is 11.9 Å². The second kappa shape index (κ2) is 4.97. The van der Waals surface area contributed by atoms with Crippen molar-refractivity contribution in [2.75, 3.05) is 7.11 Å². The number of methoxy groups -OCH3 is 1. The number of esters is 1. The van der Waals surface area contributed by atoms with Gasteiger partial charge in [0.15, 0.2) is 0 Å². The summed E-state index contributed by atoms with van der Waals surface area (Å²) in [5.74, 6) is 0.242. The Hall–Kier alpha value is -0.570. The molecule has 1 rings (SSSR count). The van der Waals surface area contributed by atoms with Crippen LogP contribution >= 0.6 is 0 Å². The Balaban J connectivity index is 3.08. The van der Waals surface area contributed by atoms with Crippen molar-refractivity contribution in [2.45, 2.75) is 59.0 Å². The molecule has 3 nitrogen and oxygen atoms in total. The predicted molar refractivity (Wildman–Crippen MR) is 67.5 cm³/mol. The van der Waals surface area contributed by atoms with Crippen LogP contribution in [-0.2, 0) is 9.53 Å². The minimum atomic E-state index is -0.925. The van der Waals surface area contributed by atoms with E-state index in [0.29, 0.717) is 18.8 Å². The van der Waals surface area contributed by atoms with Crippen molar-refractivity contribution in [2.24, 2.45) is 17.3 Å². The summed E-state index contributed by atoms with van der Waals surface area (Å²) in [5.41, 5.74) is -1.73. The van der Waals surface area contributed by atoms with E-state index in [2.05, 4.69) is 6.92 Å². The minimum Gasteiger partial charge on any atom is -0.469 e. The highest BCUT2D eigenvalue weighted by molar-refractivity contribution is 5.78. The molecule has 0 aromatic rings. The Morgan fingerprint density at radius 1 is 1.53 bits per heavy atom. The lowest BCUT2D eigenvalue weighted by atomic mass is 9.59. The quantitative estimate of drug-likeness (QED) is 0.774. The third-order valence-corrected chi connectivity index (χ3v) is 4.70. The molecule has 1 aliphatic carbocycles. The molecule has 0 aromatic heterocycles. The molecule has 0 aliphatic heterocycles. The number of carbonyl (C=O) groups excluding carboxylic acids is 1. The monoisotopic (exact) mass is 242 g/mol. The van der Waals surface area contributed by atoms with Gasteiger partial charge in [-0.15, -0.1) is 0 Å². The average molecular weight is 242 g/mol. The van der Waals surface area contributed by atoms with E-state index in [1.54, 1.807) is 0 Å². The maximum Gasteiger partial charge on any atom is 0.314 e. The molecule has 0 radical (unpaired) electrons. The van der Waals surface area contributed by atoms with Gasteiger partial charge in [-0.05, 0) is 31.6 Å². The van der Waals surface area contributed by atoms with Gasteiger partial charge in [0.25, 0.3) is 0 Å². The zero-order chi connectivity index (χ0) is 13.3. The van der Waals surface area contributed by atoms with E-state index in [0.717, 1.165) is 12.8 Å². The zero-order valence-electron chi connectivity index (χ0n) is 11.7. The first-order chi connectivity index (χ1) is 7.78. The first kappa shape index (κ1) is 14.5. The summed E-state index contributed by atoms with van der Waals surface area (Å²) in [5, 5.41) is 10.9. The van der Waals surface area contributed by atoms with Gasteiger partial charge in [-0.3, -0.25) is 4.79 Å². The lowest BCUT2D eigenvalue weighted by Gasteiger charge is -2.49. The van der Waals surface area contributed by atoms with E-state index < -0.39 is 11.0 Å². The number of rotatable bonds is 3. The smallest absolute Gasteiger partial charge is 0.314 e. The second-order valence-electron chi connectivity index (χ2n) is 6.08. The minimum absolute atomic E-state index is 0.0604. The van der Waals surface area contributed by atoms with Crippen LogP contribution in [0.4, 0.5) is 0 Å². The second-order valence-corrected chi connectivity index (χ2v) is 6.08. The van der Waals surface area contributed by atoms with Gasteiger partial charge in [-0.25, -0.2) is 0 Å². The van der Waals surface area contributed by atoms with Crippen molar-refractivity contribution in [1.29, 1.82) is 0 Å². The maximum absolute atomic E-state index is 12.1. The molecule has 3 unspecified atom stereocenters. The van der Waals surface area contributed by atoms with Crippen LogP contribution < -0.4 is 0 Å². The van der Waals surface area contributed by atoms with Crippen molar-refractivity contribution in [3.63, 3.8) is 0 Å². The van der Waals surface area contributed by atoms with Crippen LogP contribution in [0.3, 0.4) is 0 Å². The van der Waals surface area contributed by atoms with Crippen LogP contribution in [0.5, 0.6) is 0 Å². The van der Waals surface area contributed by atoms with Gasteiger partial charge in [0, 0.05) is 0 Å². The first-order valence-electron chi connectivity index (χ1n) is 6.58. The summed E-state index contributed by atoms with van der Waals surface area (Å²) < 4.78 is 4.93. The fraction of sp³-hybridized carbons (Fsp3) is 0.929. The van der Waals surface area contributed by atoms with E-state index in [9.17, 15) is 9.90 Å². The molecule has 17 heavy (non-hydrogen) atoms. The molecular weight excluding hydrogens is 216 g/mol. The summed E-state index contributed by atoms with van der Waals surface area (Å²) >= 11 is 0. The molecule has 0 heterocycles. The van der Waals surface area contributed by atoms with Gasteiger partial charge in [-0.1, -0.05) is 33.6 Å². The van der Waals surface area contributed by atoms with E-state index in [4.69, 9.17) is 4.74 Å². The molecule has 100 valence electrons. The molecule has 1 aliphatic rings. The van der Waals surface area contributed by atoms with Gasteiger partial charge in [-0.2, -0.15) is 0 Å². The molecule has 0 amide bonds. The fourth-order valence-corrected chi connectivity index (χ4v) is 3.17. The standard InChI is InChI=1S/C14H26O3/c1-10(2)13(4,12(15)17-5)14(16)8-6-7-11(3)9-14/h10-11,16H,6-9H2,1-5H3. The zero-order valence-corrected chi connectivity index (χ0v) is 11.7. The Labute approximate surface area is 105 Å². The van der Waals surface area contributed by atoms with Gasteiger partial charge >= 0.3 is 5.97 Å². The van der Waals surface area contributed by atoms with Crippen molar-refractivity contribution < 1.29 is 14.6 Å². The summed E-state index contributed by atoms with van der Waals surface area (Å²) in [6, 6.07) is 0. The highest BCUT2D eigenvalue weighted by Gasteiger charge is 2.55. The number of carbonyl (C=O) groups is 1. The molecule has 3 heteroatoms. The predicted octanol–water partition coefficient (Wildman–Crippen LogP) is 2.76. The first-order valence-corrected chi connectivity index (χ1v) is 6.58. The Bertz CT molecular complexity index is 287. The van der Waals surface area contributed by atoms with Gasteiger partial charge < -0.3 is 9.84 Å². The van der Waals surface area contributed by atoms with Crippen molar-refractivity contribution >= 4 is 5.97 Å². The molecule has 1 saturated carbocycles. The number of aliphatic hydroxyl groups is 1. The fourth-order valence-electron chi connectivity index (χ4n) is 3.17. The van der Waals surface area contributed by atoms with Crippen molar-refractivity contribution in [3.8, 4) is 0 Å². The average Bonchev–Trinajstić information content (AvgIpc) is 2.26. The summed E-state index contributed by atoms with van der Waals surface area (Å²) in [7, 11) is 1.40. The SMILES string of the molecule is COC(=O)C(C)(C(C)C)C1(O)CCCC(C)C1. The Kier molecular flexibility index (Phi) is 4.23. The van der Waals surface area contributed by atoms with Gasteiger partial charge in [0.2, 0.25) is 0 Å². The number of ether oxygens (including phenoxy) is 1. The Morgan fingerprint density at radius 2 is 2.12 bits per heavy atom. The van der Waals surface area contributed by atoms with Crippen LogP contribution in [0.15, 0.2) is 0 Å². The van der Waals surface area contributed by atoms with Crippen LogP contribution in [0.25, 0.3) is 0 Å². The molecule has 3 atom stereocenters. The van der Waals surface area contributed by atoms with E-state index in [1.165, 1.54) is 7.11 Å². The summed E-state index contributed by atoms with van der Waals surface area (Å²) in [6.07, 6.45) is 3.51. The van der Waals surface area contributed by atoms with E-state index in [1.807, 2.05) is 20.8 Å². The molecule has 1 fully saturated rings. The third kappa shape index (κ3) is 2.35. The largest absolute Gasteiger partial charge is 0.469 e. The molecule has 0 aromatic carbocycles. The lowest BCUT2D eigenvalue weighted by Crippen LogP contribution is -2.56. The summed E-state index contributed by atoms with van der Waals surface area (Å²) in [4.78, 5) is 12.1. The number of hydrogen-bond donors (Lipinski definition) is 1. The molecular formula is C14H26O3. The highest BCUT2D eigenvalue weighted by Crippen LogP contribution is 2.49. The number of hydrogen-bond acceptors (Lipinski definition) is 3. The molecule has 0 saturated heterocycles. The molecule has 0 bridgehead atoms. The van der Waals surface area contributed by atoms with Crippen LogP contribution in [0, 0.1) is 17.3 Å². The lowest BCUT2D eigenvalue weighted by molar-refractivity contribution is -0.186. The third-order valence-electron chi connectivity index (χ3n) is 4.70. The topological polar surface area (TPSA) is 46.5 Å². The van der Waals surface area contributed by atoms with Crippen molar-refractivity contribution in [3.05, 3.63) is 0 Å². The van der Waals surface area contributed by atoms with Gasteiger partial charge in [0.05, 0.1) is 18.1 Å². The van der Waals surface area contributed by atoms with Crippen LogP contribution in [0.2, 0.25) is 0 Å². The normalized spacial score (nSPS) is 33.2. The van der Waals surface area contributed by atoms with Gasteiger partial charge in [0.1, 0.15) is 0 Å². The van der Waals surface area contributed by atoms with E-state index >= 15 is 0 Å². The summed E-state index contributed by atoms with van der Waals surface area (Å²) in [6.45, 7) is 7.95.